The highest BCUT2D eigenvalue weighted by Gasteiger charge is 2.32. The van der Waals surface area contributed by atoms with E-state index in [9.17, 15) is 0 Å². The minimum absolute atomic E-state index is 0.298. The average Bonchev–Trinajstić information content (AvgIpc) is 3.21. The Morgan fingerprint density at radius 1 is 1.43 bits per heavy atom. The number of ether oxygens (including phenoxy) is 1. The number of nitrogen functional groups attached to an aromatic ring is 1. The molecule has 2 aromatic heterocycles. The lowest BCUT2D eigenvalue weighted by atomic mass is 10.4. The van der Waals surface area contributed by atoms with Crippen LogP contribution in [-0.4, -0.2) is 27.6 Å². The van der Waals surface area contributed by atoms with E-state index in [0.717, 1.165) is 19.4 Å². The normalized spacial score (nSPS) is 14.0. The zero-order chi connectivity index (χ0) is 14.7. The fourth-order valence-corrected chi connectivity index (χ4v) is 2.75. The van der Waals surface area contributed by atoms with Crippen molar-refractivity contribution in [1.29, 1.82) is 0 Å². The molecular formula is C13H18N6OS. The molecule has 3 rings (SSSR count). The first-order chi connectivity index (χ1) is 10.3. The van der Waals surface area contributed by atoms with Crippen LogP contribution in [0.2, 0.25) is 0 Å². The molecule has 0 aromatic carbocycles. The Bertz CT molecular complexity index is 586. The highest BCUT2D eigenvalue weighted by Crippen LogP contribution is 2.32. The molecular weight excluding hydrogens is 288 g/mol. The third-order valence-electron chi connectivity index (χ3n) is 3.16. The van der Waals surface area contributed by atoms with Crippen LogP contribution in [0.5, 0.6) is 6.01 Å². The number of thiophene rings is 1. The number of hydrogen-bond acceptors (Lipinski definition) is 8. The van der Waals surface area contributed by atoms with Crippen molar-refractivity contribution >= 4 is 23.2 Å². The average molecular weight is 306 g/mol. The molecule has 0 atom stereocenters. The number of nitrogens with zero attached hydrogens (tertiary/aromatic N) is 4. The first kappa shape index (κ1) is 14.0. The van der Waals surface area contributed by atoms with E-state index in [1.807, 2.05) is 6.92 Å². The highest BCUT2D eigenvalue weighted by atomic mass is 32.1. The van der Waals surface area contributed by atoms with Gasteiger partial charge in [0, 0.05) is 10.9 Å². The van der Waals surface area contributed by atoms with Crippen LogP contribution in [0.15, 0.2) is 17.5 Å². The van der Waals surface area contributed by atoms with Crippen LogP contribution >= 0.6 is 11.3 Å². The molecule has 1 aliphatic rings. The van der Waals surface area contributed by atoms with Crippen LogP contribution < -0.4 is 20.9 Å². The number of anilines is 2. The van der Waals surface area contributed by atoms with Gasteiger partial charge in [0.2, 0.25) is 11.9 Å². The summed E-state index contributed by atoms with van der Waals surface area (Å²) in [6.45, 7) is 3.19. The Kier molecular flexibility index (Phi) is 4.16. The van der Waals surface area contributed by atoms with Crippen LogP contribution in [-0.2, 0) is 6.54 Å². The van der Waals surface area contributed by atoms with Crippen LogP contribution in [0.4, 0.5) is 11.9 Å². The molecule has 8 heteroatoms. The first-order valence-corrected chi connectivity index (χ1v) is 7.82. The third kappa shape index (κ3) is 3.40. The van der Waals surface area contributed by atoms with Gasteiger partial charge in [0.15, 0.2) is 0 Å². The molecule has 2 heterocycles. The fourth-order valence-electron chi connectivity index (χ4n) is 2.05. The van der Waals surface area contributed by atoms with Crippen molar-refractivity contribution in [3.8, 4) is 6.01 Å². The minimum Gasteiger partial charge on any atom is -0.464 e. The zero-order valence-electron chi connectivity index (χ0n) is 11.8. The molecule has 7 nitrogen and oxygen atoms in total. The van der Waals surface area contributed by atoms with Crippen molar-refractivity contribution < 1.29 is 4.74 Å². The molecule has 1 fully saturated rings. The number of nitrogens with one attached hydrogen (secondary N) is 1. The smallest absolute Gasteiger partial charge is 0.323 e. The fraction of sp³-hybridized carbons (Fsp3) is 0.462. The van der Waals surface area contributed by atoms with Crippen molar-refractivity contribution in [3.05, 3.63) is 22.4 Å². The van der Waals surface area contributed by atoms with Crippen LogP contribution in [0.3, 0.4) is 0 Å². The van der Waals surface area contributed by atoms with E-state index >= 15 is 0 Å². The monoisotopic (exact) mass is 306 g/mol. The van der Waals surface area contributed by atoms with Gasteiger partial charge in [-0.2, -0.15) is 15.0 Å². The van der Waals surface area contributed by atoms with Gasteiger partial charge in [0.25, 0.3) is 0 Å². The van der Waals surface area contributed by atoms with Crippen molar-refractivity contribution in [3.63, 3.8) is 0 Å². The van der Waals surface area contributed by atoms with E-state index in [4.69, 9.17) is 10.6 Å². The standard InChI is InChI=1S/C13H18N6OS/c1-2-20-13-16-11(18-14)15-12(17-13)19(9-5-6-9)8-10-4-3-7-21-10/h3-4,7,9H,2,5-6,8,14H2,1H3,(H,15,16,17,18). The Balaban J connectivity index is 1.88. The molecule has 0 aliphatic heterocycles. The maximum Gasteiger partial charge on any atom is 0.323 e. The van der Waals surface area contributed by atoms with Gasteiger partial charge in [-0.05, 0) is 31.2 Å². The summed E-state index contributed by atoms with van der Waals surface area (Å²) in [5, 5.41) is 2.08. The minimum atomic E-state index is 0.298. The van der Waals surface area contributed by atoms with Crippen LogP contribution in [0.25, 0.3) is 0 Å². The summed E-state index contributed by atoms with van der Waals surface area (Å²) < 4.78 is 5.39. The number of rotatable bonds is 7. The van der Waals surface area contributed by atoms with Crippen molar-refractivity contribution in [2.75, 3.05) is 16.9 Å². The molecule has 0 bridgehead atoms. The molecule has 0 spiro atoms. The Morgan fingerprint density at radius 2 is 2.29 bits per heavy atom. The van der Waals surface area contributed by atoms with E-state index in [-0.39, 0.29) is 0 Å². The molecule has 3 N–H and O–H groups in total. The van der Waals surface area contributed by atoms with Gasteiger partial charge in [-0.25, -0.2) is 5.84 Å². The molecule has 0 radical (unpaired) electrons. The lowest BCUT2D eigenvalue weighted by Gasteiger charge is -2.22. The Labute approximate surface area is 127 Å². The van der Waals surface area contributed by atoms with Gasteiger partial charge in [-0.1, -0.05) is 6.07 Å². The lowest BCUT2D eigenvalue weighted by Crippen LogP contribution is -2.27. The van der Waals surface area contributed by atoms with E-state index < -0.39 is 0 Å². The third-order valence-corrected chi connectivity index (χ3v) is 4.02. The quantitative estimate of drug-likeness (QED) is 0.595. The number of aromatic nitrogens is 3. The number of nitrogens with two attached hydrogens (primary N) is 1. The predicted octanol–water partition coefficient (Wildman–Crippen LogP) is 1.79. The molecule has 2 aromatic rings. The first-order valence-electron chi connectivity index (χ1n) is 6.94. The molecule has 1 saturated carbocycles. The van der Waals surface area contributed by atoms with Crippen LogP contribution in [0, 0.1) is 0 Å². The van der Waals surface area contributed by atoms with E-state index in [1.54, 1.807) is 11.3 Å². The van der Waals surface area contributed by atoms with E-state index in [2.05, 4.69) is 42.8 Å². The largest absolute Gasteiger partial charge is 0.464 e. The second kappa shape index (κ2) is 6.23. The molecule has 0 saturated heterocycles. The molecule has 0 amide bonds. The van der Waals surface area contributed by atoms with Crippen LogP contribution in [0.1, 0.15) is 24.6 Å². The molecule has 112 valence electrons. The maximum atomic E-state index is 5.44. The Morgan fingerprint density at radius 3 is 2.90 bits per heavy atom. The highest BCUT2D eigenvalue weighted by molar-refractivity contribution is 7.09. The SMILES string of the molecule is CCOc1nc(NN)nc(N(Cc2cccs2)C2CC2)n1. The van der Waals surface area contributed by atoms with Gasteiger partial charge >= 0.3 is 6.01 Å². The lowest BCUT2D eigenvalue weighted by molar-refractivity contribution is 0.312. The van der Waals surface area contributed by atoms with Crippen molar-refractivity contribution in [2.45, 2.75) is 32.4 Å². The molecule has 1 aliphatic carbocycles. The summed E-state index contributed by atoms with van der Waals surface area (Å²) >= 11 is 1.73. The van der Waals surface area contributed by atoms with Gasteiger partial charge in [0.1, 0.15) is 0 Å². The number of hydrazine groups is 1. The molecule has 21 heavy (non-hydrogen) atoms. The van der Waals surface area contributed by atoms with Gasteiger partial charge in [0.05, 0.1) is 13.2 Å². The van der Waals surface area contributed by atoms with Crippen molar-refractivity contribution in [1.82, 2.24) is 15.0 Å². The van der Waals surface area contributed by atoms with Gasteiger partial charge in [-0.3, -0.25) is 5.43 Å². The van der Waals surface area contributed by atoms with Crippen molar-refractivity contribution in [2.24, 2.45) is 5.84 Å². The van der Waals surface area contributed by atoms with E-state index in [0.29, 0.717) is 30.6 Å². The summed E-state index contributed by atoms with van der Waals surface area (Å²) in [5.41, 5.74) is 2.47. The maximum absolute atomic E-state index is 5.44. The second-order valence-electron chi connectivity index (χ2n) is 4.76. The van der Waals surface area contributed by atoms with E-state index in [1.165, 1.54) is 4.88 Å². The Hall–Kier alpha value is -1.93. The summed E-state index contributed by atoms with van der Waals surface area (Å²) in [7, 11) is 0. The topological polar surface area (TPSA) is 89.2 Å². The summed E-state index contributed by atoms with van der Waals surface area (Å²) in [6, 6.07) is 4.95. The summed E-state index contributed by atoms with van der Waals surface area (Å²) in [5.74, 6) is 6.37. The van der Waals surface area contributed by atoms with Gasteiger partial charge < -0.3 is 9.64 Å². The molecule has 0 unspecified atom stereocenters. The predicted molar refractivity (Wildman–Crippen MR) is 82.3 cm³/mol. The summed E-state index contributed by atoms with van der Waals surface area (Å²) in [6.07, 6.45) is 2.32. The second-order valence-corrected chi connectivity index (χ2v) is 5.79. The number of hydrogen-bond donors (Lipinski definition) is 2. The van der Waals surface area contributed by atoms with Gasteiger partial charge in [-0.15, -0.1) is 11.3 Å². The summed E-state index contributed by atoms with van der Waals surface area (Å²) in [4.78, 5) is 16.3. The zero-order valence-corrected chi connectivity index (χ0v) is 12.6.